The third-order valence-corrected chi connectivity index (χ3v) is 2.37. The monoisotopic (exact) mass is 221 g/mol. The molecule has 0 saturated heterocycles. The van der Waals surface area contributed by atoms with E-state index in [4.69, 9.17) is 5.11 Å². The molecular formula is C13H19NO2. The van der Waals surface area contributed by atoms with Crippen LogP contribution in [0.25, 0.3) is 0 Å². The van der Waals surface area contributed by atoms with Crippen LogP contribution in [0.1, 0.15) is 25.3 Å². The summed E-state index contributed by atoms with van der Waals surface area (Å²) in [6, 6.07) is 9.94. The minimum absolute atomic E-state index is 0.0458. The number of aliphatic hydroxyl groups is 1. The number of rotatable bonds is 6. The summed E-state index contributed by atoms with van der Waals surface area (Å²) in [4.78, 5) is 11.4. The SMILES string of the molecule is CC(O)CCNC(=O)CCc1ccccc1. The zero-order valence-corrected chi connectivity index (χ0v) is 9.65. The first-order valence-electron chi connectivity index (χ1n) is 5.67. The number of carbonyl (C=O) groups excluding carboxylic acids is 1. The van der Waals surface area contributed by atoms with Gasteiger partial charge in [-0.3, -0.25) is 4.79 Å². The number of hydrogen-bond donors (Lipinski definition) is 2. The quantitative estimate of drug-likeness (QED) is 0.765. The largest absolute Gasteiger partial charge is 0.393 e. The van der Waals surface area contributed by atoms with Gasteiger partial charge in [-0.2, -0.15) is 0 Å². The molecule has 1 atom stereocenters. The van der Waals surface area contributed by atoms with E-state index < -0.39 is 0 Å². The molecule has 0 aliphatic carbocycles. The second-order valence-corrected chi connectivity index (χ2v) is 3.97. The Balaban J connectivity index is 2.16. The Morgan fingerprint density at radius 2 is 2.06 bits per heavy atom. The molecular weight excluding hydrogens is 202 g/mol. The van der Waals surface area contributed by atoms with Crippen molar-refractivity contribution in [3.05, 3.63) is 35.9 Å². The van der Waals surface area contributed by atoms with Crippen LogP contribution in [0.3, 0.4) is 0 Å². The maximum absolute atomic E-state index is 11.4. The molecule has 0 aliphatic rings. The fourth-order valence-corrected chi connectivity index (χ4v) is 1.41. The van der Waals surface area contributed by atoms with E-state index in [1.165, 1.54) is 5.56 Å². The molecule has 3 heteroatoms. The van der Waals surface area contributed by atoms with E-state index in [-0.39, 0.29) is 12.0 Å². The van der Waals surface area contributed by atoms with Crippen LogP contribution < -0.4 is 5.32 Å². The van der Waals surface area contributed by atoms with Crippen molar-refractivity contribution in [2.45, 2.75) is 32.3 Å². The summed E-state index contributed by atoms with van der Waals surface area (Å²) >= 11 is 0. The minimum Gasteiger partial charge on any atom is -0.393 e. The molecule has 1 aromatic carbocycles. The Hall–Kier alpha value is -1.35. The van der Waals surface area contributed by atoms with Crippen molar-refractivity contribution in [3.63, 3.8) is 0 Å². The van der Waals surface area contributed by atoms with Crippen molar-refractivity contribution < 1.29 is 9.90 Å². The summed E-state index contributed by atoms with van der Waals surface area (Å²) in [6.07, 6.45) is 1.52. The summed E-state index contributed by atoms with van der Waals surface area (Å²) in [5.41, 5.74) is 1.17. The zero-order valence-electron chi connectivity index (χ0n) is 9.65. The molecule has 0 heterocycles. The van der Waals surface area contributed by atoms with Gasteiger partial charge in [0.2, 0.25) is 5.91 Å². The molecule has 1 unspecified atom stereocenters. The Morgan fingerprint density at radius 3 is 2.69 bits per heavy atom. The van der Waals surface area contributed by atoms with Crippen LogP contribution in [0, 0.1) is 0 Å². The lowest BCUT2D eigenvalue weighted by molar-refractivity contribution is -0.121. The van der Waals surface area contributed by atoms with Crippen LogP contribution in [0.15, 0.2) is 30.3 Å². The highest BCUT2D eigenvalue weighted by atomic mass is 16.3. The lowest BCUT2D eigenvalue weighted by Gasteiger charge is -2.06. The van der Waals surface area contributed by atoms with Crippen molar-refractivity contribution in [2.75, 3.05) is 6.54 Å². The predicted molar refractivity (Wildman–Crippen MR) is 64.1 cm³/mol. The van der Waals surface area contributed by atoms with E-state index in [1.807, 2.05) is 30.3 Å². The molecule has 0 radical (unpaired) electrons. The second kappa shape index (κ2) is 7.01. The Kier molecular flexibility index (Phi) is 5.57. The third-order valence-electron chi connectivity index (χ3n) is 2.37. The Labute approximate surface area is 96.5 Å². The normalized spacial score (nSPS) is 12.1. The number of hydrogen-bond acceptors (Lipinski definition) is 2. The standard InChI is InChI=1S/C13H19NO2/c1-11(15)9-10-14-13(16)8-7-12-5-3-2-4-6-12/h2-6,11,15H,7-10H2,1H3,(H,14,16). The zero-order chi connectivity index (χ0) is 11.8. The van der Waals surface area contributed by atoms with E-state index in [0.29, 0.717) is 19.4 Å². The first kappa shape index (κ1) is 12.7. The van der Waals surface area contributed by atoms with Crippen LogP contribution in [0.4, 0.5) is 0 Å². The van der Waals surface area contributed by atoms with Crippen molar-refractivity contribution in [3.8, 4) is 0 Å². The van der Waals surface area contributed by atoms with Gasteiger partial charge >= 0.3 is 0 Å². The van der Waals surface area contributed by atoms with Crippen LogP contribution >= 0.6 is 0 Å². The summed E-state index contributed by atoms with van der Waals surface area (Å²) in [5.74, 6) is 0.0458. The van der Waals surface area contributed by atoms with Gasteiger partial charge in [0.05, 0.1) is 6.10 Å². The first-order chi connectivity index (χ1) is 7.68. The molecule has 0 aromatic heterocycles. The lowest BCUT2D eigenvalue weighted by Crippen LogP contribution is -2.26. The average Bonchev–Trinajstić information content (AvgIpc) is 2.27. The molecule has 0 aliphatic heterocycles. The summed E-state index contributed by atoms with van der Waals surface area (Å²) in [6.45, 7) is 2.27. The molecule has 3 nitrogen and oxygen atoms in total. The lowest BCUT2D eigenvalue weighted by atomic mass is 10.1. The number of carbonyl (C=O) groups is 1. The average molecular weight is 221 g/mol. The van der Waals surface area contributed by atoms with E-state index in [0.717, 1.165) is 6.42 Å². The second-order valence-electron chi connectivity index (χ2n) is 3.97. The summed E-state index contributed by atoms with van der Waals surface area (Å²) in [7, 11) is 0. The van der Waals surface area contributed by atoms with Gasteiger partial charge in [-0.15, -0.1) is 0 Å². The summed E-state index contributed by atoms with van der Waals surface area (Å²) in [5, 5.41) is 11.8. The molecule has 0 fully saturated rings. The van der Waals surface area contributed by atoms with Crippen LogP contribution in [-0.2, 0) is 11.2 Å². The molecule has 88 valence electrons. The first-order valence-corrected chi connectivity index (χ1v) is 5.67. The van der Waals surface area contributed by atoms with E-state index in [2.05, 4.69) is 5.32 Å². The van der Waals surface area contributed by atoms with Crippen molar-refractivity contribution in [1.82, 2.24) is 5.32 Å². The van der Waals surface area contributed by atoms with Gasteiger partial charge in [-0.1, -0.05) is 30.3 Å². The Bertz CT molecular complexity index is 309. The van der Waals surface area contributed by atoms with Crippen LogP contribution in [0.5, 0.6) is 0 Å². The predicted octanol–water partition coefficient (Wildman–Crippen LogP) is 1.51. The van der Waals surface area contributed by atoms with E-state index in [1.54, 1.807) is 6.92 Å². The number of amides is 1. The number of aliphatic hydroxyl groups excluding tert-OH is 1. The van der Waals surface area contributed by atoms with Crippen molar-refractivity contribution >= 4 is 5.91 Å². The fraction of sp³-hybridized carbons (Fsp3) is 0.462. The highest BCUT2D eigenvalue weighted by molar-refractivity contribution is 5.76. The molecule has 1 amide bonds. The maximum atomic E-state index is 11.4. The van der Waals surface area contributed by atoms with Gasteiger partial charge in [0.1, 0.15) is 0 Å². The van der Waals surface area contributed by atoms with Gasteiger partial charge in [-0.05, 0) is 25.3 Å². The maximum Gasteiger partial charge on any atom is 0.220 e. The number of aryl methyl sites for hydroxylation is 1. The molecule has 16 heavy (non-hydrogen) atoms. The highest BCUT2D eigenvalue weighted by Crippen LogP contribution is 2.02. The number of nitrogens with one attached hydrogen (secondary N) is 1. The van der Waals surface area contributed by atoms with E-state index >= 15 is 0 Å². The molecule has 0 bridgehead atoms. The van der Waals surface area contributed by atoms with Crippen LogP contribution in [0.2, 0.25) is 0 Å². The van der Waals surface area contributed by atoms with Gasteiger partial charge in [0.15, 0.2) is 0 Å². The van der Waals surface area contributed by atoms with Gasteiger partial charge < -0.3 is 10.4 Å². The van der Waals surface area contributed by atoms with Crippen molar-refractivity contribution in [2.24, 2.45) is 0 Å². The fourth-order valence-electron chi connectivity index (χ4n) is 1.41. The van der Waals surface area contributed by atoms with Gasteiger partial charge in [0.25, 0.3) is 0 Å². The van der Waals surface area contributed by atoms with Crippen LogP contribution in [-0.4, -0.2) is 23.7 Å². The number of benzene rings is 1. The van der Waals surface area contributed by atoms with Gasteiger partial charge in [0, 0.05) is 13.0 Å². The highest BCUT2D eigenvalue weighted by Gasteiger charge is 2.02. The van der Waals surface area contributed by atoms with Gasteiger partial charge in [-0.25, -0.2) is 0 Å². The third kappa shape index (κ3) is 5.51. The minimum atomic E-state index is -0.352. The topological polar surface area (TPSA) is 49.3 Å². The molecule has 1 aromatic rings. The smallest absolute Gasteiger partial charge is 0.220 e. The Morgan fingerprint density at radius 1 is 1.38 bits per heavy atom. The van der Waals surface area contributed by atoms with Crippen molar-refractivity contribution in [1.29, 1.82) is 0 Å². The molecule has 0 saturated carbocycles. The molecule has 0 spiro atoms. The van der Waals surface area contributed by atoms with E-state index in [9.17, 15) is 4.79 Å². The molecule has 1 rings (SSSR count). The molecule has 2 N–H and O–H groups in total. The summed E-state index contributed by atoms with van der Waals surface area (Å²) < 4.78 is 0.